The second kappa shape index (κ2) is 6.92. The fourth-order valence-corrected chi connectivity index (χ4v) is 2.59. The lowest BCUT2D eigenvalue weighted by Gasteiger charge is -2.13. The van der Waals surface area contributed by atoms with Gasteiger partial charge in [-0.1, -0.05) is 11.6 Å². The van der Waals surface area contributed by atoms with Crippen LogP contribution in [0.5, 0.6) is 5.75 Å². The molecular weight excluding hydrogens is 262 g/mol. The Balaban J connectivity index is 1.92. The molecule has 1 fully saturated rings. The molecule has 0 amide bonds. The highest BCUT2D eigenvalue weighted by molar-refractivity contribution is 6.32. The zero-order valence-corrected chi connectivity index (χ0v) is 12.1. The highest BCUT2D eigenvalue weighted by atomic mass is 35.5. The number of rotatable bonds is 6. The van der Waals surface area contributed by atoms with Crippen LogP contribution >= 0.6 is 11.6 Å². The molecule has 2 rings (SSSR count). The van der Waals surface area contributed by atoms with Crippen LogP contribution in [0.2, 0.25) is 5.02 Å². The molecule has 1 aromatic rings. The second-order valence-electron chi connectivity index (χ2n) is 4.80. The average Bonchev–Trinajstić information content (AvgIpc) is 2.91. The summed E-state index contributed by atoms with van der Waals surface area (Å²) in [6.07, 6.45) is 3.07. The van der Waals surface area contributed by atoms with Gasteiger partial charge >= 0.3 is 0 Å². The van der Waals surface area contributed by atoms with E-state index in [1.807, 2.05) is 6.92 Å². The third-order valence-corrected chi connectivity index (χ3v) is 3.70. The standard InChI is InChI=1S/C15H20ClNO2/c1-2-19-15-6-5-12(11-13(15)16)14(18)7-10-17-8-3-4-9-17/h5-6,11H,2-4,7-10H2,1H3. The first-order valence-corrected chi connectivity index (χ1v) is 7.26. The molecular formula is C15H20ClNO2. The number of likely N-dealkylation sites (tertiary alicyclic amines) is 1. The van der Waals surface area contributed by atoms with E-state index in [2.05, 4.69) is 4.90 Å². The number of hydrogen-bond donors (Lipinski definition) is 0. The molecule has 104 valence electrons. The molecule has 1 heterocycles. The lowest BCUT2D eigenvalue weighted by molar-refractivity contribution is 0.0969. The molecule has 0 unspecified atom stereocenters. The first-order chi connectivity index (χ1) is 9.20. The zero-order chi connectivity index (χ0) is 13.7. The van der Waals surface area contributed by atoms with Gasteiger partial charge in [0.05, 0.1) is 11.6 Å². The SMILES string of the molecule is CCOc1ccc(C(=O)CCN2CCCC2)cc1Cl. The van der Waals surface area contributed by atoms with E-state index in [-0.39, 0.29) is 5.78 Å². The van der Waals surface area contributed by atoms with Crippen molar-refractivity contribution in [3.8, 4) is 5.75 Å². The molecule has 0 bridgehead atoms. The van der Waals surface area contributed by atoms with Crippen LogP contribution in [0.4, 0.5) is 0 Å². The molecule has 1 aromatic carbocycles. The molecule has 0 atom stereocenters. The van der Waals surface area contributed by atoms with E-state index in [1.54, 1.807) is 18.2 Å². The Morgan fingerprint density at radius 2 is 2.11 bits per heavy atom. The summed E-state index contributed by atoms with van der Waals surface area (Å²) in [5, 5.41) is 0.508. The first-order valence-electron chi connectivity index (χ1n) is 6.88. The van der Waals surface area contributed by atoms with Gasteiger partial charge in [-0.25, -0.2) is 0 Å². The number of carbonyl (C=O) groups excluding carboxylic acids is 1. The van der Waals surface area contributed by atoms with Gasteiger partial charge in [-0.2, -0.15) is 0 Å². The van der Waals surface area contributed by atoms with E-state index in [9.17, 15) is 4.79 Å². The molecule has 1 saturated heterocycles. The maximum atomic E-state index is 12.1. The predicted octanol–water partition coefficient (Wildman–Crippen LogP) is 3.41. The Labute approximate surface area is 119 Å². The smallest absolute Gasteiger partial charge is 0.164 e. The van der Waals surface area contributed by atoms with E-state index in [0.29, 0.717) is 29.4 Å². The van der Waals surface area contributed by atoms with Crippen molar-refractivity contribution >= 4 is 17.4 Å². The normalized spacial score (nSPS) is 15.7. The molecule has 1 aliphatic rings. The summed E-state index contributed by atoms with van der Waals surface area (Å²) in [6, 6.07) is 5.27. The predicted molar refractivity (Wildman–Crippen MR) is 77.2 cm³/mol. The fraction of sp³-hybridized carbons (Fsp3) is 0.533. The van der Waals surface area contributed by atoms with Crippen LogP contribution in [0.15, 0.2) is 18.2 Å². The maximum Gasteiger partial charge on any atom is 0.164 e. The Morgan fingerprint density at radius 3 is 2.74 bits per heavy atom. The third-order valence-electron chi connectivity index (χ3n) is 3.41. The molecule has 0 aromatic heterocycles. The highest BCUT2D eigenvalue weighted by Crippen LogP contribution is 2.26. The minimum atomic E-state index is 0.150. The number of nitrogens with zero attached hydrogens (tertiary/aromatic N) is 1. The number of benzene rings is 1. The Bertz CT molecular complexity index is 442. The van der Waals surface area contributed by atoms with Crippen LogP contribution in [-0.2, 0) is 0 Å². The fourth-order valence-electron chi connectivity index (χ4n) is 2.36. The maximum absolute atomic E-state index is 12.1. The molecule has 1 aliphatic heterocycles. The molecule has 19 heavy (non-hydrogen) atoms. The molecule has 0 spiro atoms. The minimum Gasteiger partial charge on any atom is -0.492 e. The molecule has 3 nitrogen and oxygen atoms in total. The Kier molecular flexibility index (Phi) is 5.23. The Hall–Kier alpha value is -1.06. The van der Waals surface area contributed by atoms with E-state index < -0.39 is 0 Å². The number of hydrogen-bond acceptors (Lipinski definition) is 3. The summed E-state index contributed by atoms with van der Waals surface area (Å²) in [5.41, 5.74) is 0.674. The van der Waals surface area contributed by atoms with Crippen LogP contribution in [-0.4, -0.2) is 36.9 Å². The topological polar surface area (TPSA) is 29.5 Å². The summed E-state index contributed by atoms with van der Waals surface area (Å²) < 4.78 is 5.36. The quantitative estimate of drug-likeness (QED) is 0.749. The van der Waals surface area contributed by atoms with Gasteiger partial charge in [0, 0.05) is 18.5 Å². The summed E-state index contributed by atoms with van der Waals surface area (Å²) in [6.45, 7) is 5.58. The number of ether oxygens (including phenoxy) is 1. The summed E-state index contributed by atoms with van der Waals surface area (Å²) >= 11 is 6.09. The van der Waals surface area contributed by atoms with Crippen molar-refractivity contribution in [3.63, 3.8) is 0 Å². The lowest BCUT2D eigenvalue weighted by Crippen LogP contribution is -2.22. The van der Waals surface area contributed by atoms with Crippen LogP contribution in [0.1, 0.15) is 36.5 Å². The van der Waals surface area contributed by atoms with Gasteiger partial charge < -0.3 is 9.64 Å². The monoisotopic (exact) mass is 281 g/mol. The minimum absolute atomic E-state index is 0.150. The van der Waals surface area contributed by atoms with Crippen molar-refractivity contribution in [2.24, 2.45) is 0 Å². The van der Waals surface area contributed by atoms with Crippen molar-refractivity contribution in [1.82, 2.24) is 4.90 Å². The zero-order valence-electron chi connectivity index (χ0n) is 11.3. The molecule has 0 N–H and O–H groups in total. The Morgan fingerprint density at radius 1 is 1.37 bits per heavy atom. The number of Topliss-reactive ketones (excluding diaryl/α,β-unsaturated/α-hetero) is 1. The average molecular weight is 282 g/mol. The van der Waals surface area contributed by atoms with E-state index in [1.165, 1.54) is 12.8 Å². The summed E-state index contributed by atoms with van der Waals surface area (Å²) in [7, 11) is 0. The van der Waals surface area contributed by atoms with Crippen molar-refractivity contribution in [2.75, 3.05) is 26.2 Å². The lowest BCUT2D eigenvalue weighted by atomic mass is 10.1. The van der Waals surface area contributed by atoms with Crippen molar-refractivity contribution in [3.05, 3.63) is 28.8 Å². The van der Waals surface area contributed by atoms with Crippen LogP contribution in [0.3, 0.4) is 0 Å². The summed E-state index contributed by atoms with van der Waals surface area (Å²) in [5.74, 6) is 0.789. The second-order valence-corrected chi connectivity index (χ2v) is 5.21. The van der Waals surface area contributed by atoms with Gasteiger partial charge in [0.25, 0.3) is 0 Å². The molecule has 0 aliphatic carbocycles. The van der Waals surface area contributed by atoms with Gasteiger partial charge in [-0.05, 0) is 51.1 Å². The number of carbonyl (C=O) groups is 1. The van der Waals surface area contributed by atoms with Gasteiger partial charge in [0.1, 0.15) is 5.75 Å². The largest absolute Gasteiger partial charge is 0.492 e. The van der Waals surface area contributed by atoms with Crippen molar-refractivity contribution in [1.29, 1.82) is 0 Å². The molecule has 4 heteroatoms. The molecule has 0 saturated carbocycles. The molecule has 0 radical (unpaired) electrons. The van der Waals surface area contributed by atoms with Gasteiger partial charge in [0.2, 0.25) is 0 Å². The van der Waals surface area contributed by atoms with Crippen LogP contribution in [0.25, 0.3) is 0 Å². The highest BCUT2D eigenvalue weighted by Gasteiger charge is 2.14. The van der Waals surface area contributed by atoms with Crippen molar-refractivity contribution in [2.45, 2.75) is 26.2 Å². The summed E-state index contributed by atoms with van der Waals surface area (Å²) in [4.78, 5) is 14.4. The van der Waals surface area contributed by atoms with Gasteiger partial charge in [-0.15, -0.1) is 0 Å². The number of halogens is 1. The van der Waals surface area contributed by atoms with E-state index in [0.717, 1.165) is 19.6 Å². The van der Waals surface area contributed by atoms with E-state index in [4.69, 9.17) is 16.3 Å². The third kappa shape index (κ3) is 3.95. The van der Waals surface area contributed by atoms with Gasteiger partial charge in [-0.3, -0.25) is 4.79 Å². The van der Waals surface area contributed by atoms with E-state index >= 15 is 0 Å². The van der Waals surface area contributed by atoms with Crippen molar-refractivity contribution < 1.29 is 9.53 Å². The first kappa shape index (κ1) is 14.4. The van der Waals surface area contributed by atoms with Gasteiger partial charge in [0.15, 0.2) is 5.78 Å². The van der Waals surface area contributed by atoms with Crippen LogP contribution < -0.4 is 4.74 Å². The number of ketones is 1. The van der Waals surface area contributed by atoms with Crippen LogP contribution in [0, 0.1) is 0 Å².